The van der Waals surface area contributed by atoms with Crippen LogP contribution in [0.25, 0.3) is 6.08 Å². The SMILES string of the molecule is O=C(NCCN1CCCC1)[C@@H]1C[C@H]2CCN(C(=O)/C=C/c3ccccc3)C[C@H]21.O=CO. The van der Waals surface area contributed by atoms with Crippen molar-refractivity contribution in [2.24, 2.45) is 17.8 Å². The molecular weight excluding hydrogens is 394 g/mol. The Morgan fingerprint density at radius 2 is 1.84 bits per heavy atom. The summed E-state index contributed by atoms with van der Waals surface area (Å²) in [5, 5.41) is 10.0. The fourth-order valence-electron chi connectivity index (χ4n) is 4.90. The molecule has 7 heteroatoms. The van der Waals surface area contributed by atoms with Gasteiger partial charge in [0, 0.05) is 38.2 Å². The molecule has 0 spiro atoms. The lowest BCUT2D eigenvalue weighted by Gasteiger charge is -2.50. The number of carboxylic acid groups (broad SMARTS) is 1. The Labute approximate surface area is 184 Å². The molecule has 4 rings (SSSR count). The van der Waals surface area contributed by atoms with Gasteiger partial charge in [-0.25, -0.2) is 0 Å². The number of benzene rings is 1. The number of carbonyl (C=O) groups excluding carboxylic acids is 2. The molecule has 1 saturated carbocycles. The molecule has 0 aromatic heterocycles. The zero-order valence-electron chi connectivity index (χ0n) is 18.0. The molecule has 31 heavy (non-hydrogen) atoms. The number of carbonyl (C=O) groups is 3. The van der Waals surface area contributed by atoms with Gasteiger partial charge in [-0.2, -0.15) is 0 Å². The Bertz CT molecular complexity index is 761. The van der Waals surface area contributed by atoms with Crippen LogP contribution in [0.15, 0.2) is 36.4 Å². The molecule has 2 amide bonds. The Kier molecular flexibility index (Phi) is 8.64. The summed E-state index contributed by atoms with van der Waals surface area (Å²) < 4.78 is 0. The van der Waals surface area contributed by atoms with E-state index in [1.54, 1.807) is 6.08 Å². The van der Waals surface area contributed by atoms with Gasteiger partial charge in [0.25, 0.3) is 6.47 Å². The Balaban J connectivity index is 0.000000858. The van der Waals surface area contributed by atoms with Gasteiger partial charge in [0.05, 0.1) is 0 Å². The van der Waals surface area contributed by atoms with Crippen molar-refractivity contribution >= 4 is 24.4 Å². The minimum atomic E-state index is -0.250. The first-order chi connectivity index (χ1) is 15.1. The number of rotatable bonds is 6. The Hall–Kier alpha value is -2.67. The van der Waals surface area contributed by atoms with Crippen molar-refractivity contribution in [2.45, 2.75) is 25.7 Å². The van der Waals surface area contributed by atoms with E-state index in [9.17, 15) is 9.59 Å². The van der Waals surface area contributed by atoms with E-state index >= 15 is 0 Å². The minimum absolute atomic E-state index is 0.0578. The van der Waals surface area contributed by atoms with Crippen LogP contribution in [0.1, 0.15) is 31.2 Å². The van der Waals surface area contributed by atoms with Crippen molar-refractivity contribution < 1.29 is 19.5 Å². The summed E-state index contributed by atoms with van der Waals surface area (Å²) in [5.74, 6) is 1.26. The lowest BCUT2D eigenvalue weighted by atomic mass is 9.61. The van der Waals surface area contributed by atoms with Gasteiger partial charge in [-0.15, -0.1) is 0 Å². The number of amides is 2. The third-order valence-corrected chi connectivity index (χ3v) is 6.67. The van der Waals surface area contributed by atoms with Crippen LogP contribution in [0, 0.1) is 17.8 Å². The fourth-order valence-corrected chi connectivity index (χ4v) is 4.90. The largest absolute Gasteiger partial charge is 0.483 e. The van der Waals surface area contributed by atoms with E-state index in [1.165, 1.54) is 12.8 Å². The number of hydrogen-bond acceptors (Lipinski definition) is 4. The molecule has 0 bridgehead atoms. The van der Waals surface area contributed by atoms with E-state index in [0.29, 0.717) is 18.4 Å². The van der Waals surface area contributed by atoms with Crippen LogP contribution in [0.4, 0.5) is 0 Å². The maximum absolute atomic E-state index is 12.6. The highest BCUT2D eigenvalue weighted by atomic mass is 16.3. The molecule has 168 valence electrons. The Morgan fingerprint density at radius 3 is 2.55 bits per heavy atom. The second-order valence-corrected chi connectivity index (χ2v) is 8.53. The first-order valence-corrected chi connectivity index (χ1v) is 11.2. The zero-order valence-corrected chi connectivity index (χ0v) is 18.0. The van der Waals surface area contributed by atoms with Gasteiger partial charge in [-0.3, -0.25) is 14.4 Å². The van der Waals surface area contributed by atoms with Gasteiger partial charge in [-0.05, 0) is 62.2 Å². The van der Waals surface area contributed by atoms with Gasteiger partial charge in [0.15, 0.2) is 0 Å². The second-order valence-electron chi connectivity index (χ2n) is 8.53. The number of fused-ring (bicyclic) bond motifs is 1. The summed E-state index contributed by atoms with van der Waals surface area (Å²) in [7, 11) is 0. The molecule has 0 unspecified atom stereocenters. The zero-order chi connectivity index (χ0) is 22.1. The highest BCUT2D eigenvalue weighted by Crippen LogP contribution is 2.45. The summed E-state index contributed by atoms with van der Waals surface area (Å²) in [6.45, 7) is 5.31. The van der Waals surface area contributed by atoms with E-state index in [0.717, 1.165) is 51.1 Å². The molecule has 2 heterocycles. The van der Waals surface area contributed by atoms with Crippen molar-refractivity contribution in [1.29, 1.82) is 0 Å². The normalized spacial score (nSPS) is 25.2. The average Bonchev–Trinajstić information content (AvgIpc) is 3.28. The number of nitrogens with one attached hydrogen (secondary N) is 1. The quantitative estimate of drug-likeness (QED) is 0.536. The summed E-state index contributed by atoms with van der Waals surface area (Å²) >= 11 is 0. The molecule has 1 aliphatic carbocycles. The van der Waals surface area contributed by atoms with Gasteiger partial charge in [0.2, 0.25) is 11.8 Å². The molecule has 3 fully saturated rings. The van der Waals surface area contributed by atoms with Gasteiger partial charge in [0.1, 0.15) is 0 Å². The fraction of sp³-hybridized carbons (Fsp3) is 0.542. The monoisotopic (exact) mass is 427 g/mol. The lowest BCUT2D eigenvalue weighted by molar-refractivity contribution is -0.142. The molecular formula is C24H33N3O4. The molecule has 2 aliphatic heterocycles. The molecule has 1 aromatic carbocycles. The summed E-state index contributed by atoms with van der Waals surface area (Å²) in [6, 6.07) is 9.89. The third-order valence-electron chi connectivity index (χ3n) is 6.67. The topological polar surface area (TPSA) is 90.0 Å². The van der Waals surface area contributed by atoms with Crippen molar-refractivity contribution in [3.8, 4) is 0 Å². The summed E-state index contributed by atoms with van der Waals surface area (Å²) in [6.07, 6.45) is 8.11. The highest BCUT2D eigenvalue weighted by molar-refractivity contribution is 5.92. The van der Waals surface area contributed by atoms with Crippen LogP contribution in [0.2, 0.25) is 0 Å². The minimum Gasteiger partial charge on any atom is -0.483 e. The first kappa shape index (κ1) is 23.0. The lowest BCUT2D eigenvalue weighted by Crippen LogP contribution is -2.56. The molecule has 3 atom stereocenters. The highest BCUT2D eigenvalue weighted by Gasteiger charge is 2.48. The van der Waals surface area contributed by atoms with Crippen LogP contribution >= 0.6 is 0 Å². The van der Waals surface area contributed by atoms with Gasteiger partial charge < -0.3 is 20.2 Å². The van der Waals surface area contributed by atoms with E-state index in [1.807, 2.05) is 41.3 Å². The van der Waals surface area contributed by atoms with E-state index in [-0.39, 0.29) is 24.2 Å². The summed E-state index contributed by atoms with van der Waals surface area (Å²) in [4.78, 5) is 37.9. The molecule has 1 aromatic rings. The number of piperidine rings is 1. The number of nitrogens with zero attached hydrogens (tertiary/aromatic N) is 2. The first-order valence-electron chi connectivity index (χ1n) is 11.2. The van der Waals surface area contributed by atoms with Gasteiger partial charge in [-0.1, -0.05) is 30.3 Å². The van der Waals surface area contributed by atoms with Crippen LogP contribution in [0.5, 0.6) is 0 Å². The maximum Gasteiger partial charge on any atom is 0.290 e. The molecule has 2 saturated heterocycles. The second kappa shape index (κ2) is 11.6. The maximum atomic E-state index is 12.6. The predicted octanol–water partition coefficient (Wildman–Crippen LogP) is 2.10. The van der Waals surface area contributed by atoms with Crippen LogP contribution < -0.4 is 5.32 Å². The third kappa shape index (κ3) is 6.40. The number of likely N-dealkylation sites (tertiary alicyclic amines) is 2. The summed E-state index contributed by atoms with van der Waals surface area (Å²) in [5.41, 5.74) is 1.03. The predicted molar refractivity (Wildman–Crippen MR) is 119 cm³/mol. The van der Waals surface area contributed by atoms with Crippen molar-refractivity contribution in [3.63, 3.8) is 0 Å². The van der Waals surface area contributed by atoms with Crippen LogP contribution in [-0.2, 0) is 14.4 Å². The van der Waals surface area contributed by atoms with Gasteiger partial charge >= 0.3 is 0 Å². The number of hydrogen-bond donors (Lipinski definition) is 2. The van der Waals surface area contributed by atoms with E-state index in [2.05, 4.69) is 10.2 Å². The van der Waals surface area contributed by atoms with Crippen LogP contribution in [-0.4, -0.2) is 72.5 Å². The van der Waals surface area contributed by atoms with Crippen LogP contribution in [0.3, 0.4) is 0 Å². The molecule has 7 nitrogen and oxygen atoms in total. The standard InChI is InChI=1S/C23H31N3O2.CH2O2/c27-22(9-8-18-6-2-1-3-7-18)26-14-10-19-16-20(21(19)17-26)23(28)24-11-15-25-12-4-5-13-25;2-1-3/h1-3,6-9,19-21H,4-5,10-17H2,(H,24,28);1H,(H,2,3)/b9-8+;/t19-,20-,21-;/m1./s1. The smallest absolute Gasteiger partial charge is 0.290 e. The van der Waals surface area contributed by atoms with Crippen molar-refractivity contribution in [2.75, 3.05) is 39.3 Å². The van der Waals surface area contributed by atoms with E-state index in [4.69, 9.17) is 9.90 Å². The van der Waals surface area contributed by atoms with E-state index < -0.39 is 0 Å². The Morgan fingerprint density at radius 1 is 1.13 bits per heavy atom. The molecule has 2 N–H and O–H groups in total. The average molecular weight is 428 g/mol. The molecule has 0 radical (unpaired) electrons. The van der Waals surface area contributed by atoms with Crippen molar-refractivity contribution in [1.82, 2.24) is 15.1 Å². The van der Waals surface area contributed by atoms with Crippen molar-refractivity contribution in [3.05, 3.63) is 42.0 Å². The molecule has 3 aliphatic rings.